The highest BCUT2D eigenvalue weighted by molar-refractivity contribution is 5.59. The fraction of sp³-hybridized carbons (Fsp3) is 0.765. The molecule has 2 heterocycles. The van der Waals surface area contributed by atoms with Crippen LogP contribution >= 0.6 is 0 Å². The molecule has 0 aliphatic carbocycles. The maximum Gasteiger partial charge on any atom is 0.137 e. The van der Waals surface area contributed by atoms with E-state index in [1.807, 2.05) is 0 Å². The fourth-order valence-corrected chi connectivity index (χ4v) is 2.88. The fourth-order valence-electron chi connectivity index (χ4n) is 2.88. The van der Waals surface area contributed by atoms with Gasteiger partial charge in [-0.25, -0.2) is 9.97 Å². The van der Waals surface area contributed by atoms with Crippen LogP contribution < -0.4 is 10.2 Å². The van der Waals surface area contributed by atoms with Gasteiger partial charge >= 0.3 is 0 Å². The van der Waals surface area contributed by atoms with Gasteiger partial charge in [-0.15, -0.1) is 0 Å². The molecule has 1 N–H and O–H groups in total. The topological polar surface area (TPSA) is 41.1 Å². The lowest BCUT2D eigenvalue weighted by Gasteiger charge is -2.37. The van der Waals surface area contributed by atoms with E-state index in [2.05, 4.69) is 51.8 Å². The Hall–Kier alpha value is -1.32. The second-order valence-electron chi connectivity index (χ2n) is 6.75. The van der Waals surface area contributed by atoms with Gasteiger partial charge in [0.05, 0.1) is 0 Å². The van der Waals surface area contributed by atoms with Crippen molar-refractivity contribution in [2.75, 3.05) is 29.9 Å². The lowest BCUT2D eigenvalue weighted by molar-refractivity contribution is 0.322. The van der Waals surface area contributed by atoms with Gasteiger partial charge in [-0.05, 0) is 32.1 Å². The third kappa shape index (κ3) is 3.47. The normalized spacial score (nSPS) is 22.7. The smallest absolute Gasteiger partial charge is 0.137 e. The molecule has 0 saturated carbocycles. The molecule has 0 spiro atoms. The summed E-state index contributed by atoms with van der Waals surface area (Å²) in [6, 6.07) is 0. The Morgan fingerprint density at radius 1 is 1.24 bits per heavy atom. The van der Waals surface area contributed by atoms with Gasteiger partial charge < -0.3 is 10.2 Å². The molecule has 2 atom stereocenters. The van der Waals surface area contributed by atoms with Gasteiger partial charge in [0.2, 0.25) is 0 Å². The van der Waals surface area contributed by atoms with Crippen LogP contribution in [0, 0.1) is 18.8 Å². The molecule has 0 aromatic carbocycles. The molecule has 1 saturated heterocycles. The van der Waals surface area contributed by atoms with E-state index < -0.39 is 0 Å². The van der Waals surface area contributed by atoms with Crippen molar-refractivity contribution < 1.29 is 0 Å². The van der Waals surface area contributed by atoms with Crippen molar-refractivity contribution >= 4 is 11.6 Å². The highest BCUT2D eigenvalue weighted by atomic mass is 15.2. The molecule has 1 aliphatic rings. The van der Waals surface area contributed by atoms with Gasteiger partial charge in [-0.3, -0.25) is 0 Å². The molecule has 0 amide bonds. The average Bonchev–Trinajstić information content (AvgIpc) is 2.44. The quantitative estimate of drug-likeness (QED) is 0.915. The molecule has 118 valence electrons. The summed E-state index contributed by atoms with van der Waals surface area (Å²) >= 11 is 0. The number of hydrogen-bond acceptors (Lipinski definition) is 4. The van der Waals surface area contributed by atoms with Crippen LogP contribution in [0.4, 0.5) is 11.6 Å². The largest absolute Gasteiger partial charge is 0.370 e. The van der Waals surface area contributed by atoms with E-state index in [1.54, 1.807) is 0 Å². The van der Waals surface area contributed by atoms with Crippen LogP contribution in [0.1, 0.15) is 58.3 Å². The van der Waals surface area contributed by atoms with E-state index in [0.29, 0.717) is 5.92 Å². The molecule has 0 radical (unpaired) electrons. The van der Waals surface area contributed by atoms with Crippen molar-refractivity contribution in [1.29, 1.82) is 0 Å². The van der Waals surface area contributed by atoms with E-state index in [4.69, 9.17) is 9.97 Å². The molecule has 21 heavy (non-hydrogen) atoms. The lowest BCUT2D eigenvalue weighted by Crippen LogP contribution is -2.39. The zero-order chi connectivity index (χ0) is 15.6. The first-order valence-electron chi connectivity index (χ1n) is 8.31. The zero-order valence-corrected chi connectivity index (χ0v) is 14.4. The molecule has 4 heteroatoms. The molecule has 1 aromatic rings. The van der Waals surface area contributed by atoms with Gasteiger partial charge in [-0.1, -0.05) is 27.7 Å². The van der Waals surface area contributed by atoms with Crippen molar-refractivity contribution in [3.05, 3.63) is 11.4 Å². The molecule has 1 aliphatic heterocycles. The molecule has 0 bridgehead atoms. The summed E-state index contributed by atoms with van der Waals surface area (Å²) in [5.74, 6) is 4.95. The molecule has 2 rings (SSSR count). The number of piperidine rings is 1. The number of aromatic nitrogens is 2. The minimum atomic E-state index is 0.350. The third-order valence-corrected chi connectivity index (χ3v) is 4.63. The van der Waals surface area contributed by atoms with E-state index in [9.17, 15) is 0 Å². The second-order valence-corrected chi connectivity index (χ2v) is 6.75. The summed E-state index contributed by atoms with van der Waals surface area (Å²) in [6.07, 6.45) is 1.25. The summed E-state index contributed by atoms with van der Waals surface area (Å²) in [5.41, 5.74) is 1.18. The van der Waals surface area contributed by atoms with E-state index in [0.717, 1.165) is 48.9 Å². The first-order valence-corrected chi connectivity index (χ1v) is 8.31. The van der Waals surface area contributed by atoms with Crippen molar-refractivity contribution in [3.63, 3.8) is 0 Å². The SMILES string of the molecule is CCNc1nc(C(C)C)nc(N2CCC(C)C(C)C2)c1C. The summed E-state index contributed by atoms with van der Waals surface area (Å²) in [5, 5.41) is 3.39. The van der Waals surface area contributed by atoms with Crippen LogP contribution in [0.15, 0.2) is 0 Å². The maximum absolute atomic E-state index is 4.87. The lowest BCUT2D eigenvalue weighted by atomic mass is 9.88. The number of anilines is 2. The van der Waals surface area contributed by atoms with Crippen LogP contribution in [0.3, 0.4) is 0 Å². The average molecular weight is 290 g/mol. The van der Waals surface area contributed by atoms with E-state index >= 15 is 0 Å². The summed E-state index contributed by atoms with van der Waals surface area (Å²) in [7, 11) is 0. The summed E-state index contributed by atoms with van der Waals surface area (Å²) < 4.78 is 0. The number of nitrogens with one attached hydrogen (secondary N) is 1. The Labute approximate surface area is 129 Å². The first kappa shape index (κ1) is 16.1. The summed E-state index contributed by atoms with van der Waals surface area (Å²) in [4.78, 5) is 12.0. The van der Waals surface area contributed by atoms with Crippen molar-refractivity contribution in [2.45, 2.75) is 53.9 Å². The Bertz CT molecular complexity index is 484. The first-order chi connectivity index (χ1) is 9.93. The van der Waals surface area contributed by atoms with Crippen LogP contribution in [-0.2, 0) is 0 Å². The second kappa shape index (κ2) is 6.63. The van der Waals surface area contributed by atoms with Gasteiger partial charge in [0.25, 0.3) is 0 Å². The van der Waals surface area contributed by atoms with Gasteiger partial charge in [0.15, 0.2) is 0 Å². The Balaban J connectivity index is 2.37. The molecular weight excluding hydrogens is 260 g/mol. The van der Waals surface area contributed by atoms with Crippen molar-refractivity contribution in [3.8, 4) is 0 Å². The highest BCUT2D eigenvalue weighted by Gasteiger charge is 2.26. The van der Waals surface area contributed by atoms with Crippen LogP contribution in [0.2, 0.25) is 0 Å². The molecule has 1 fully saturated rings. The minimum absolute atomic E-state index is 0.350. The monoisotopic (exact) mass is 290 g/mol. The zero-order valence-electron chi connectivity index (χ0n) is 14.4. The Morgan fingerprint density at radius 3 is 2.52 bits per heavy atom. The molecule has 2 unspecified atom stereocenters. The Kier molecular flexibility index (Phi) is 5.07. The number of hydrogen-bond donors (Lipinski definition) is 1. The molecule has 1 aromatic heterocycles. The summed E-state index contributed by atoms with van der Waals surface area (Å²) in [6.45, 7) is 16.4. The van der Waals surface area contributed by atoms with E-state index in [-0.39, 0.29) is 0 Å². The number of nitrogens with zero attached hydrogens (tertiary/aromatic N) is 3. The third-order valence-electron chi connectivity index (χ3n) is 4.63. The van der Waals surface area contributed by atoms with Gasteiger partial charge in [0.1, 0.15) is 17.5 Å². The maximum atomic E-state index is 4.87. The standard InChI is InChI=1S/C17H30N4/c1-7-18-16-14(6)17(20-15(19-16)11(2)3)21-9-8-12(4)13(5)10-21/h11-13H,7-10H2,1-6H3,(H,18,19,20). The predicted molar refractivity (Wildman–Crippen MR) is 90.2 cm³/mol. The van der Waals surface area contributed by atoms with Crippen molar-refractivity contribution in [1.82, 2.24) is 9.97 Å². The van der Waals surface area contributed by atoms with Crippen molar-refractivity contribution in [2.24, 2.45) is 11.8 Å². The minimum Gasteiger partial charge on any atom is -0.370 e. The van der Waals surface area contributed by atoms with Crippen LogP contribution in [0.5, 0.6) is 0 Å². The molecular formula is C17H30N4. The molecule has 4 nitrogen and oxygen atoms in total. The van der Waals surface area contributed by atoms with Gasteiger partial charge in [-0.2, -0.15) is 0 Å². The van der Waals surface area contributed by atoms with Gasteiger partial charge in [0, 0.05) is 31.1 Å². The predicted octanol–water partition coefficient (Wildman–Crippen LogP) is 3.82. The Morgan fingerprint density at radius 2 is 1.95 bits per heavy atom. The van der Waals surface area contributed by atoms with Crippen LogP contribution in [0.25, 0.3) is 0 Å². The van der Waals surface area contributed by atoms with E-state index in [1.165, 1.54) is 12.0 Å². The van der Waals surface area contributed by atoms with Crippen LogP contribution in [-0.4, -0.2) is 29.6 Å². The highest BCUT2D eigenvalue weighted by Crippen LogP contribution is 2.31. The number of rotatable bonds is 4.